The van der Waals surface area contributed by atoms with Gasteiger partial charge in [-0.2, -0.15) is 0 Å². The Morgan fingerprint density at radius 2 is 1.94 bits per heavy atom. The van der Waals surface area contributed by atoms with Crippen molar-refractivity contribution >= 4 is 40.6 Å². The van der Waals surface area contributed by atoms with E-state index in [2.05, 4.69) is 20.6 Å². The van der Waals surface area contributed by atoms with Crippen LogP contribution in [0.1, 0.15) is 12.8 Å². The maximum atomic E-state index is 12.3. The molecule has 1 aromatic carbocycles. The van der Waals surface area contributed by atoms with Gasteiger partial charge >= 0.3 is 0 Å². The number of ether oxygens (including phenoxy) is 2. The minimum Gasteiger partial charge on any atom is -0.468 e. The van der Waals surface area contributed by atoms with Crippen LogP contribution >= 0.6 is 23.2 Å². The molecule has 33 heavy (non-hydrogen) atoms. The maximum absolute atomic E-state index is 12.3. The van der Waals surface area contributed by atoms with Crippen LogP contribution in [0.15, 0.2) is 54.9 Å². The number of aromatic nitrogens is 2. The molecule has 0 saturated carbocycles. The summed E-state index contributed by atoms with van der Waals surface area (Å²) < 4.78 is 10.8. The Bertz CT molecular complexity index is 1090. The first-order chi connectivity index (χ1) is 16.1. The minimum atomic E-state index is -0.362. The van der Waals surface area contributed by atoms with E-state index in [1.807, 2.05) is 24.3 Å². The zero-order valence-corrected chi connectivity index (χ0v) is 19.4. The lowest BCUT2D eigenvalue weighted by molar-refractivity contribution is -0.118. The van der Waals surface area contributed by atoms with Gasteiger partial charge in [0.25, 0.3) is 5.91 Å². The Morgan fingerprint density at radius 3 is 2.73 bits per heavy atom. The Morgan fingerprint density at radius 1 is 1.09 bits per heavy atom. The summed E-state index contributed by atoms with van der Waals surface area (Å²) in [4.78, 5) is 20.5. The van der Waals surface area contributed by atoms with Crippen LogP contribution in [0, 0.1) is 5.92 Å². The predicted molar refractivity (Wildman–Crippen MR) is 130 cm³/mol. The first kappa shape index (κ1) is 23.3. The number of pyridine rings is 2. The number of halogens is 2. The molecule has 2 aromatic heterocycles. The number of hydrogen-bond donors (Lipinski definition) is 2. The van der Waals surface area contributed by atoms with Crippen LogP contribution in [0.5, 0.6) is 5.88 Å². The highest BCUT2D eigenvalue weighted by Gasteiger charge is 2.14. The average molecular weight is 487 g/mol. The molecular weight excluding hydrogens is 463 g/mol. The van der Waals surface area contributed by atoms with Crippen molar-refractivity contribution in [3.8, 4) is 17.0 Å². The normalized spacial score (nSPS) is 14.0. The van der Waals surface area contributed by atoms with Gasteiger partial charge in [0, 0.05) is 49.5 Å². The number of carbonyl (C=O) groups is 1. The molecule has 1 amide bonds. The van der Waals surface area contributed by atoms with Gasteiger partial charge in [0.1, 0.15) is 5.82 Å². The molecule has 2 N–H and O–H groups in total. The van der Waals surface area contributed by atoms with E-state index in [1.165, 1.54) is 12.4 Å². The summed E-state index contributed by atoms with van der Waals surface area (Å²) in [6, 6.07) is 13.0. The Labute approximate surface area is 202 Å². The molecule has 1 fully saturated rings. The van der Waals surface area contributed by atoms with E-state index < -0.39 is 0 Å². The van der Waals surface area contributed by atoms with Crippen molar-refractivity contribution in [2.24, 2.45) is 5.92 Å². The lowest BCUT2D eigenvalue weighted by atomic mass is 10.00. The Hall–Kier alpha value is -2.87. The number of anilines is 2. The summed E-state index contributed by atoms with van der Waals surface area (Å²) in [6.07, 6.45) is 5.12. The second-order valence-corrected chi connectivity index (χ2v) is 8.56. The lowest BCUT2D eigenvalue weighted by Crippen LogP contribution is -2.22. The van der Waals surface area contributed by atoms with Gasteiger partial charge in [-0.25, -0.2) is 9.97 Å². The van der Waals surface area contributed by atoms with Gasteiger partial charge in [0.2, 0.25) is 5.88 Å². The van der Waals surface area contributed by atoms with Crippen molar-refractivity contribution < 1.29 is 14.3 Å². The zero-order chi connectivity index (χ0) is 23.0. The van der Waals surface area contributed by atoms with Gasteiger partial charge in [-0.05, 0) is 48.6 Å². The number of hydrogen-bond acceptors (Lipinski definition) is 6. The molecule has 3 heterocycles. The van der Waals surface area contributed by atoms with E-state index in [1.54, 1.807) is 18.2 Å². The highest BCUT2D eigenvalue weighted by Crippen LogP contribution is 2.31. The topological polar surface area (TPSA) is 85.4 Å². The molecule has 7 nitrogen and oxygen atoms in total. The molecule has 3 aromatic rings. The fraction of sp³-hybridized carbons (Fsp3) is 0.292. The number of nitrogens with zero attached hydrogens (tertiary/aromatic N) is 2. The van der Waals surface area contributed by atoms with Gasteiger partial charge in [-0.1, -0.05) is 35.3 Å². The quantitative estimate of drug-likeness (QED) is 0.448. The van der Waals surface area contributed by atoms with E-state index in [0.29, 0.717) is 27.7 Å². The monoisotopic (exact) mass is 486 g/mol. The van der Waals surface area contributed by atoms with Gasteiger partial charge in [0.15, 0.2) is 6.61 Å². The molecule has 0 atom stereocenters. The standard InChI is InChI=1S/C24H24Cl2N4O3/c25-18-4-5-24(29-13-18)33-15-23(31)30-22-11-20(21(26)14-28-22)17-2-1-3-19(10-17)27-12-16-6-8-32-9-7-16/h1-5,10-11,13-14,16,27H,6-9,12,15H2,(H,28,30,31). The summed E-state index contributed by atoms with van der Waals surface area (Å²) in [7, 11) is 0. The molecule has 0 spiro atoms. The number of benzene rings is 1. The first-order valence-corrected chi connectivity index (χ1v) is 11.4. The van der Waals surface area contributed by atoms with E-state index in [-0.39, 0.29) is 12.5 Å². The minimum absolute atomic E-state index is 0.208. The first-order valence-electron chi connectivity index (χ1n) is 10.7. The average Bonchev–Trinajstić information content (AvgIpc) is 2.84. The summed E-state index contributed by atoms with van der Waals surface area (Å²) in [5.74, 6) is 0.940. The van der Waals surface area contributed by atoms with Gasteiger partial charge in [-0.3, -0.25) is 4.79 Å². The molecule has 4 rings (SSSR count). The van der Waals surface area contributed by atoms with Crippen LogP contribution in [0.25, 0.3) is 11.1 Å². The van der Waals surface area contributed by atoms with Crippen molar-refractivity contribution in [3.63, 3.8) is 0 Å². The van der Waals surface area contributed by atoms with Crippen LogP contribution in [0.4, 0.5) is 11.5 Å². The summed E-state index contributed by atoms with van der Waals surface area (Å²) in [6.45, 7) is 2.35. The smallest absolute Gasteiger partial charge is 0.263 e. The van der Waals surface area contributed by atoms with E-state index in [0.717, 1.165) is 49.4 Å². The molecule has 0 unspecified atom stereocenters. The van der Waals surface area contributed by atoms with Gasteiger partial charge < -0.3 is 20.1 Å². The third-order valence-electron chi connectivity index (χ3n) is 5.28. The van der Waals surface area contributed by atoms with E-state index in [4.69, 9.17) is 32.7 Å². The Kier molecular flexibility index (Phi) is 7.99. The highest BCUT2D eigenvalue weighted by molar-refractivity contribution is 6.33. The number of rotatable bonds is 8. The number of nitrogens with one attached hydrogen (secondary N) is 2. The Balaban J connectivity index is 1.39. The largest absolute Gasteiger partial charge is 0.468 e. The molecular formula is C24H24Cl2N4O3. The number of amides is 1. The molecule has 1 aliphatic heterocycles. The van der Waals surface area contributed by atoms with Crippen LogP contribution in [0.3, 0.4) is 0 Å². The second kappa shape index (κ2) is 11.3. The third-order valence-corrected chi connectivity index (χ3v) is 5.81. The molecule has 172 valence electrons. The van der Waals surface area contributed by atoms with Crippen molar-refractivity contribution in [2.75, 3.05) is 37.0 Å². The second-order valence-electron chi connectivity index (χ2n) is 7.72. The van der Waals surface area contributed by atoms with Crippen LogP contribution in [0.2, 0.25) is 10.0 Å². The van der Waals surface area contributed by atoms with Gasteiger partial charge in [0.05, 0.1) is 10.0 Å². The molecule has 1 aliphatic rings. The summed E-state index contributed by atoms with van der Waals surface area (Å²) in [5.41, 5.74) is 2.72. The molecule has 9 heteroatoms. The lowest BCUT2D eigenvalue weighted by Gasteiger charge is -2.22. The van der Waals surface area contributed by atoms with Crippen LogP contribution in [-0.4, -0.2) is 42.2 Å². The van der Waals surface area contributed by atoms with Crippen molar-refractivity contribution in [2.45, 2.75) is 12.8 Å². The van der Waals surface area contributed by atoms with E-state index in [9.17, 15) is 4.79 Å². The third kappa shape index (κ3) is 6.81. The molecule has 0 radical (unpaired) electrons. The summed E-state index contributed by atoms with van der Waals surface area (Å²) >= 11 is 12.2. The zero-order valence-electron chi connectivity index (χ0n) is 17.9. The van der Waals surface area contributed by atoms with Crippen LogP contribution in [-0.2, 0) is 9.53 Å². The molecule has 0 bridgehead atoms. The number of carbonyl (C=O) groups excluding carboxylic acids is 1. The van der Waals surface area contributed by atoms with Crippen molar-refractivity contribution in [1.82, 2.24) is 9.97 Å². The fourth-order valence-corrected chi connectivity index (χ4v) is 3.83. The summed E-state index contributed by atoms with van der Waals surface area (Å²) in [5, 5.41) is 7.23. The van der Waals surface area contributed by atoms with Crippen molar-refractivity contribution in [3.05, 3.63) is 64.9 Å². The predicted octanol–water partition coefficient (Wildman–Crippen LogP) is 5.31. The molecule has 0 aliphatic carbocycles. The van der Waals surface area contributed by atoms with Crippen molar-refractivity contribution in [1.29, 1.82) is 0 Å². The fourth-order valence-electron chi connectivity index (χ4n) is 3.50. The SMILES string of the molecule is O=C(COc1ccc(Cl)cn1)Nc1cc(-c2cccc(NCC3CCOCC3)c2)c(Cl)cn1. The molecule has 1 saturated heterocycles. The van der Waals surface area contributed by atoms with Crippen LogP contribution < -0.4 is 15.4 Å². The van der Waals surface area contributed by atoms with Gasteiger partial charge in [-0.15, -0.1) is 0 Å². The maximum Gasteiger partial charge on any atom is 0.263 e. The highest BCUT2D eigenvalue weighted by atomic mass is 35.5. The van der Waals surface area contributed by atoms with E-state index >= 15 is 0 Å².